The third-order valence-corrected chi connectivity index (χ3v) is 6.63. The highest BCUT2D eigenvalue weighted by atomic mass is 32.2. The molecule has 0 spiro atoms. The Hall–Kier alpha value is -2.26. The van der Waals surface area contributed by atoms with Crippen molar-refractivity contribution in [1.29, 1.82) is 0 Å². The number of hydrogen-bond donors (Lipinski definition) is 1. The molecule has 0 amide bonds. The molecule has 164 valence electrons. The van der Waals surface area contributed by atoms with Gasteiger partial charge in [0, 0.05) is 12.2 Å². The van der Waals surface area contributed by atoms with Gasteiger partial charge in [-0.3, -0.25) is 4.72 Å². The minimum absolute atomic E-state index is 0.158. The number of hydrogen-bond acceptors (Lipinski definition) is 4. The number of halogens is 3. The van der Waals surface area contributed by atoms with E-state index in [1.807, 2.05) is 12.1 Å². The summed E-state index contributed by atoms with van der Waals surface area (Å²) in [6.45, 7) is 5.23. The van der Waals surface area contributed by atoms with E-state index >= 15 is 0 Å². The van der Waals surface area contributed by atoms with Gasteiger partial charge in [0.05, 0.1) is 12.7 Å². The Morgan fingerprint density at radius 1 is 1.17 bits per heavy atom. The van der Waals surface area contributed by atoms with Crippen LogP contribution in [0.2, 0.25) is 0 Å². The van der Waals surface area contributed by atoms with Crippen LogP contribution in [0.3, 0.4) is 0 Å². The lowest BCUT2D eigenvalue weighted by Gasteiger charge is -2.16. The molecule has 0 radical (unpaired) electrons. The SMILES string of the molecule is CCCN1CCC(c2ccc(NS(=O)(=O)c3cc(C(F)(F)F)ccc3OC)cc2)C1. The van der Waals surface area contributed by atoms with Gasteiger partial charge in [0.2, 0.25) is 0 Å². The third kappa shape index (κ3) is 5.07. The van der Waals surface area contributed by atoms with Crippen molar-refractivity contribution >= 4 is 15.7 Å². The highest BCUT2D eigenvalue weighted by Crippen LogP contribution is 2.35. The Balaban J connectivity index is 1.79. The number of nitrogens with one attached hydrogen (secondary N) is 1. The molecule has 1 unspecified atom stereocenters. The molecule has 0 saturated carbocycles. The van der Waals surface area contributed by atoms with Gasteiger partial charge in [0.15, 0.2) is 0 Å². The van der Waals surface area contributed by atoms with E-state index in [1.54, 1.807) is 12.1 Å². The van der Waals surface area contributed by atoms with Crippen LogP contribution >= 0.6 is 0 Å². The van der Waals surface area contributed by atoms with Crippen LogP contribution in [-0.4, -0.2) is 40.1 Å². The topological polar surface area (TPSA) is 58.6 Å². The average molecular weight is 443 g/mol. The third-order valence-electron chi connectivity index (χ3n) is 5.23. The van der Waals surface area contributed by atoms with E-state index in [2.05, 4.69) is 16.5 Å². The lowest BCUT2D eigenvalue weighted by molar-refractivity contribution is -0.137. The monoisotopic (exact) mass is 442 g/mol. The lowest BCUT2D eigenvalue weighted by Crippen LogP contribution is -2.20. The summed E-state index contributed by atoms with van der Waals surface area (Å²) in [6.07, 6.45) is -2.51. The molecule has 1 heterocycles. The maximum atomic E-state index is 13.0. The van der Waals surface area contributed by atoms with Gasteiger partial charge in [-0.2, -0.15) is 13.2 Å². The second-order valence-electron chi connectivity index (χ2n) is 7.38. The number of anilines is 1. The van der Waals surface area contributed by atoms with Gasteiger partial charge in [0.25, 0.3) is 10.0 Å². The predicted octanol–water partition coefficient (Wildman–Crippen LogP) is 4.71. The fraction of sp³-hybridized carbons (Fsp3) is 0.429. The molecule has 1 saturated heterocycles. The molecule has 5 nitrogen and oxygen atoms in total. The zero-order valence-electron chi connectivity index (χ0n) is 16.9. The lowest BCUT2D eigenvalue weighted by atomic mass is 9.98. The van der Waals surface area contributed by atoms with Crippen molar-refractivity contribution < 1.29 is 26.3 Å². The summed E-state index contributed by atoms with van der Waals surface area (Å²) in [4.78, 5) is 1.84. The van der Waals surface area contributed by atoms with Crippen LogP contribution in [0.5, 0.6) is 5.75 Å². The Bertz CT molecular complexity index is 976. The number of benzene rings is 2. The first-order valence-electron chi connectivity index (χ1n) is 9.74. The average Bonchev–Trinajstić information content (AvgIpc) is 3.16. The summed E-state index contributed by atoms with van der Waals surface area (Å²) in [5.74, 6) is 0.236. The van der Waals surface area contributed by atoms with Crippen LogP contribution in [0, 0.1) is 0 Å². The van der Waals surface area contributed by atoms with Crippen LogP contribution in [0.15, 0.2) is 47.4 Å². The molecule has 2 aromatic carbocycles. The molecule has 1 aliphatic rings. The van der Waals surface area contributed by atoms with Crippen molar-refractivity contribution in [1.82, 2.24) is 4.90 Å². The van der Waals surface area contributed by atoms with Crippen LogP contribution in [-0.2, 0) is 16.2 Å². The minimum Gasteiger partial charge on any atom is -0.495 e. The van der Waals surface area contributed by atoms with Crippen molar-refractivity contribution in [3.8, 4) is 5.75 Å². The van der Waals surface area contributed by atoms with Crippen molar-refractivity contribution in [3.63, 3.8) is 0 Å². The fourth-order valence-corrected chi connectivity index (χ4v) is 4.98. The Labute approximate surface area is 174 Å². The zero-order valence-corrected chi connectivity index (χ0v) is 17.7. The van der Waals surface area contributed by atoms with E-state index < -0.39 is 26.7 Å². The number of rotatable bonds is 7. The number of sulfonamides is 1. The van der Waals surface area contributed by atoms with E-state index in [4.69, 9.17) is 4.74 Å². The number of ether oxygens (including phenoxy) is 1. The molecule has 1 N–H and O–H groups in total. The Kier molecular flexibility index (Phi) is 6.62. The summed E-state index contributed by atoms with van der Waals surface area (Å²) >= 11 is 0. The quantitative estimate of drug-likeness (QED) is 0.675. The maximum Gasteiger partial charge on any atom is 0.416 e. The van der Waals surface area contributed by atoms with Crippen LogP contribution < -0.4 is 9.46 Å². The largest absolute Gasteiger partial charge is 0.495 e. The van der Waals surface area contributed by atoms with Crippen LogP contribution in [0.4, 0.5) is 18.9 Å². The van der Waals surface area contributed by atoms with E-state index in [0.717, 1.165) is 50.2 Å². The second kappa shape index (κ2) is 8.85. The Morgan fingerprint density at radius 3 is 2.47 bits per heavy atom. The first-order chi connectivity index (χ1) is 14.1. The molecule has 0 aliphatic carbocycles. The molecule has 2 aromatic rings. The normalized spacial score (nSPS) is 17.8. The van der Waals surface area contributed by atoms with Gasteiger partial charge in [-0.25, -0.2) is 8.42 Å². The van der Waals surface area contributed by atoms with Crippen molar-refractivity contribution in [2.75, 3.05) is 31.5 Å². The van der Waals surface area contributed by atoms with Gasteiger partial charge in [-0.05, 0) is 67.7 Å². The first-order valence-corrected chi connectivity index (χ1v) is 11.2. The highest BCUT2D eigenvalue weighted by molar-refractivity contribution is 7.92. The smallest absolute Gasteiger partial charge is 0.416 e. The summed E-state index contributed by atoms with van der Waals surface area (Å²) in [7, 11) is -3.06. The number of alkyl halides is 3. The fourth-order valence-electron chi connectivity index (χ4n) is 3.72. The van der Waals surface area contributed by atoms with Gasteiger partial charge >= 0.3 is 6.18 Å². The summed E-state index contributed by atoms with van der Waals surface area (Å²) in [5, 5.41) is 0. The molecule has 9 heteroatoms. The summed E-state index contributed by atoms with van der Waals surface area (Å²) in [6, 6.07) is 9.36. The van der Waals surface area contributed by atoms with Crippen molar-refractivity contribution in [2.24, 2.45) is 0 Å². The van der Waals surface area contributed by atoms with Crippen LogP contribution in [0.25, 0.3) is 0 Å². The maximum absolute atomic E-state index is 13.0. The molecular weight excluding hydrogens is 417 g/mol. The molecule has 1 aliphatic heterocycles. The zero-order chi connectivity index (χ0) is 21.9. The standard InChI is InChI=1S/C21H25F3N2O3S/c1-3-11-26-12-10-16(14-26)15-4-7-18(8-5-15)25-30(27,28)20-13-17(21(22,23)24)6-9-19(20)29-2/h4-9,13,16,25H,3,10-12,14H2,1-2H3. The molecular formula is C21H25F3N2O3S. The van der Waals surface area contributed by atoms with E-state index in [-0.39, 0.29) is 11.4 Å². The minimum atomic E-state index is -4.66. The molecule has 0 aromatic heterocycles. The van der Waals surface area contributed by atoms with Gasteiger partial charge in [-0.15, -0.1) is 0 Å². The van der Waals surface area contributed by atoms with E-state index in [0.29, 0.717) is 12.0 Å². The second-order valence-corrected chi connectivity index (χ2v) is 9.03. The van der Waals surface area contributed by atoms with Gasteiger partial charge in [-0.1, -0.05) is 19.1 Å². The van der Waals surface area contributed by atoms with Gasteiger partial charge < -0.3 is 9.64 Å². The molecule has 1 fully saturated rings. The Morgan fingerprint density at radius 2 is 1.87 bits per heavy atom. The van der Waals surface area contributed by atoms with Gasteiger partial charge in [0.1, 0.15) is 10.6 Å². The van der Waals surface area contributed by atoms with E-state index in [9.17, 15) is 21.6 Å². The number of likely N-dealkylation sites (tertiary alicyclic amines) is 1. The molecule has 30 heavy (non-hydrogen) atoms. The van der Waals surface area contributed by atoms with Crippen LogP contribution in [0.1, 0.15) is 36.8 Å². The molecule has 0 bridgehead atoms. The highest BCUT2D eigenvalue weighted by Gasteiger charge is 2.33. The number of methoxy groups -OCH3 is 1. The molecule has 3 rings (SSSR count). The molecule has 1 atom stereocenters. The van der Waals surface area contributed by atoms with E-state index in [1.165, 1.54) is 7.11 Å². The first kappa shape index (κ1) is 22.4. The summed E-state index contributed by atoms with van der Waals surface area (Å²) in [5.41, 5.74) is 0.340. The van der Waals surface area contributed by atoms with Crippen molar-refractivity contribution in [2.45, 2.75) is 36.8 Å². The predicted molar refractivity (Wildman–Crippen MR) is 109 cm³/mol. The number of nitrogens with zero attached hydrogens (tertiary/aromatic N) is 1. The summed E-state index contributed by atoms with van der Waals surface area (Å²) < 4.78 is 71.9. The van der Waals surface area contributed by atoms with Crippen molar-refractivity contribution in [3.05, 3.63) is 53.6 Å².